The van der Waals surface area contributed by atoms with Crippen LogP contribution in [0.2, 0.25) is 0 Å². The molecule has 0 bridgehead atoms. The van der Waals surface area contributed by atoms with E-state index in [-0.39, 0.29) is 12.1 Å². The van der Waals surface area contributed by atoms with E-state index in [0.717, 1.165) is 47.8 Å². The van der Waals surface area contributed by atoms with Gasteiger partial charge in [-0.3, -0.25) is 4.79 Å². The second-order valence-electron chi connectivity index (χ2n) is 13.7. The highest BCUT2D eigenvalue weighted by atomic mass is 16.5. The number of esters is 1. The second kappa shape index (κ2) is 7.49. The first-order chi connectivity index (χ1) is 14.6. The third kappa shape index (κ3) is 3.19. The monoisotopic (exact) mass is 428 g/mol. The highest BCUT2D eigenvalue weighted by molar-refractivity contribution is 5.66. The Balaban J connectivity index is 1.33. The summed E-state index contributed by atoms with van der Waals surface area (Å²) in [5, 5.41) is 0. The lowest BCUT2D eigenvalue weighted by atomic mass is 9.51. The van der Waals surface area contributed by atoms with Gasteiger partial charge in [-0.1, -0.05) is 53.9 Å². The molecule has 0 aromatic rings. The van der Waals surface area contributed by atoms with Crippen LogP contribution in [0.15, 0.2) is 0 Å². The maximum atomic E-state index is 11.6. The molecule has 0 saturated heterocycles. The molecule has 0 aromatic carbocycles. The minimum atomic E-state index is -0.0738. The number of ether oxygens (including phenoxy) is 1. The van der Waals surface area contributed by atoms with E-state index in [1.165, 1.54) is 64.2 Å². The molecule has 5 saturated carbocycles. The van der Waals surface area contributed by atoms with Gasteiger partial charge >= 0.3 is 5.97 Å². The number of fused-ring (bicyclic) bond motifs is 5. The summed E-state index contributed by atoms with van der Waals surface area (Å²) in [5.74, 6) is 6.42. The molecule has 0 unspecified atom stereocenters. The van der Waals surface area contributed by atoms with Crippen molar-refractivity contribution in [1.82, 2.24) is 0 Å². The van der Waals surface area contributed by atoms with Gasteiger partial charge in [0.25, 0.3) is 0 Å². The van der Waals surface area contributed by atoms with Gasteiger partial charge in [-0.15, -0.1) is 0 Å². The number of rotatable bonds is 6. The molecule has 10 atom stereocenters. The van der Waals surface area contributed by atoms with Gasteiger partial charge in [0, 0.05) is 6.92 Å². The summed E-state index contributed by atoms with van der Waals surface area (Å²) >= 11 is 0. The molecule has 0 aliphatic heterocycles. The zero-order valence-corrected chi connectivity index (χ0v) is 21.2. The van der Waals surface area contributed by atoms with Crippen LogP contribution in [0.3, 0.4) is 0 Å². The summed E-state index contributed by atoms with van der Waals surface area (Å²) in [4.78, 5) is 11.6. The zero-order valence-electron chi connectivity index (χ0n) is 21.2. The first-order valence-corrected chi connectivity index (χ1v) is 13.8. The van der Waals surface area contributed by atoms with Gasteiger partial charge in [0.15, 0.2) is 0 Å². The fraction of sp³-hybridized carbons (Fsp3) is 0.966. The van der Waals surface area contributed by atoms with Gasteiger partial charge in [-0.25, -0.2) is 0 Å². The van der Waals surface area contributed by atoms with Crippen LogP contribution in [-0.4, -0.2) is 12.1 Å². The molecule has 0 amide bonds. The van der Waals surface area contributed by atoms with Crippen molar-refractivity contribution in [1.29, 1.82) is 0 Å². The molecular formula is C29H48O2. The normalized spacial score (nSPS) is 50.9. The summed E-state index contributed by atoms with van der Waals surface area (Å²) in [6.07, 6.45) is 15.4. The fourth-order valence-electron chi connectivity index (χ4n) is 10.6. The first-order valence-electron chi connectivity index (χ1n) is 13.8. The zero-order chi connectivity index (χ0) is 22.2. The Kier molecular flexibility index (Phi) is 5.38. The molecule has 5 aliphatic carbocycles. The maximum Gasteiger partial charge on any atom is 0.302 e. The van der Waals surface area contributed by atoms with Crippen LogP contribution in [-0.2, 0) is 9.53 Å². The number of carbonyl (C=O) groups is 1. The van der Waals surface area contributed by atoms with E-state index in [1.807, 2.05) is 0 Å². The van der Waals surface area contributed by atoms with E-state index in [4.69, 9.17) is 4.74 Å². The minimum absolute atomic E-state index is 0.0738. The largest absolute Gasteiger partial charge is 0.463 e. The lowest BCUT2D eigenvalue weighted by molar-refractivity contribution is -0.152. The fourth-order valence-corrected chi connectivity index (χ4v) is 10.6. The molecule has 0 N–H and O–H groups in total. The van der Waals surface area contributed by atoms with Gasteiger partial charge in [0.2, 0.25) is 0 Å². The van der Waals surface area contributed by atoms with Crippen molar-refractivity contribution in [3.05, 3.63) is 0 Å². The van der Waals surface area contributed by atoms with Gasteiger partial charge in [-0.2, -0.15) is 0 Å². The number of hydrogen-bond donors (Lipinski definition) is 0. The van der Waals surface area contributed by atoms with E-state index in [9.17, 15) is 4.79 Å². The molecular weight excluding hydrogens is 380 g/mol. The van der Waals surface area contributed by atoms with Crippen LogP contribution < -0.4 is 0 Å². The molecule has 0 radical (unpaired) electrons. The lowest BCUT2D eigenvalue weighted by Crippen LogP contribution is -2.47. The van der Waals surface area contributed by atoms with Crippen molar-refractivity contribution in [2.45, 2.75) is 118 Å². The summed E-state index contributed by atoms with van der Waals surface area (Å²) in [5.41, 5.74) is 1.61. The van der Waals surface area contributed by atoms with E-state index in [2.05, 4.69) is 34.6 Å². The van der Waals surface area contributed by atoms with Crippen molar-refractivity contribution < 1.29 is 9.53 Å². The predicted molar refractivity (Wildman–Crippen MR) is 126 cm³/mol. The molecule has 5 aliphatic rings. The van der Waals surface area contributed by atoms with Crippen molar-refractivity contribution in [2.24, 2.45) is 57.7 Å². The molecule has 2 heteroatoms. The minimum Gasteiger partial charge on any atom is -0.463 e. The smallest absolute Gasteiger partial charge is 0.302 e. The molecule has 176 valence electrons. The molecule has 5 fully saturated rings. The van der Waals surface area contributed by atoms with E-state index >= 15 is 0 Å². The highest BCUT2D eigenvalue weighted by Gasteiger charge is 2.79. The van der Waals surface area contributed by atoms with E-state index in [0.29, 0.717) is 16.2 Å². The van der Waals surface area contributed by atoms with E-state index in [1.54, 1.807) is 6.92 Å². The summed E-state index contributed by atoms with van der Waals surface area (Å²) in [7, 11) is 0. The van der Waals surface area contributed by atoms with Crippen molar-refractivity contribution in [3.8, 4) is 0 Å². The Morgan fingerprint density at radius 1 is 0.935 bits per heavy atom. The molecule has 31 heavy (non-hydrogen) atoms. The Morgan fingerprint density at radius 2 is 1.71 bits per heavy atom. The van der Waals surface area contributed by atoms with Crippen molar-refractivity contribution >= 4 is 5.97 Å². The Morgan fingerprint density at radius 3 is 2.42 bits per heavy atom. The van der Waals surface area contributed by atoms with Crippen molar-refractivity contribution in [2.75, 3.05) is 0 Å². The molecule has 0 heterocycles. The Bertz CT molecular complexity index is 714. The summed E-state index contributed by atoms with van der Waals surface area (Å²) < 4.78 is 5.76. The van der Waals surface area contributed by atoms with Gasteiger partial charge < -0.3 is 4.74 Å². The highest BCUT2D eigenvalue weighted by Crippen LogP contribution is 2.85. The SMILES string of the molecule is CC(=O)O[C@H]1CC[C@]2(C)[C@H]3CC[C@]4(C)[C@@H]([C@@H](C)CCCC(C)C)CC[C@H]4[C@@H]3[C@@H]3C[C@]32C1. The summed E-state index contributed by atoms with van der Waals surface area (Å²) in [6, 6.07) is 0. The average Bonchev–Trinajstić information content (AvgIpc) is 3.20. The predicted octanol–water partition coefficient (Wildman–Crippen LogP) is 7.65. The Hall–Kier alpha value is -0.530. The summed E-state index contributed by atoms with van der Waals surface area (Å²) in [6.45, 7) is 14.3. The van der Waals surface area contributed by atoms with Crippen LogP contribution in [0.1, 0.15) is 112 Å². The number of hydrogen-bond acceptors (Lipinski definition) is 2. The van der Waals surface area contributed by atoms with Gasteiger partial charge in [-0.05, 0) is 109 Å². The standard InChI is InChI=1S/C29H48O2/c1-18(2)8-7-9-19(3)22-10-11-23-26-24(13-14-27(22,23)5)28(6)15-12-21(31-20(4)30)16-29(28)17-25(26)29/h18-19,21-26H,7-17H2,1-6H3/t19-,21-,22+,23-,24-,25-,26-,27+,28+,29+/m0/s1. The van der Waals surface area contributed by atoms with Crippen LogP contribution in [0, 0.1) is 57.7 Å². The van der Waals surface area contributed by atoms with Crippen LogP contribution in [0.25, 0.3) is 0 Å². The quantitative estimate of drug-likeness (QED) is 0.406. The van der Waals surface area contributed by atoms with Crippen molar-refractivity contribution in [3.63, 3.8) is 0 Å². The topological polar surface area (TPSA) is 26.3 Å². The second-order valence-corrected chi connectivity index (χ2v) is 13.7. The van der Waals surface area contributed by atoms with Crippen LogP contribution >= 0.6 is 0 Å². The molecule has 0 aromatic heterocycles. The molecule has 1 spiro atoms. The van der Waals surface area contributed by atoms with Crippen LogP contribution in [0.5, 0.6) is 0 Å². The Labute approximate surface area is 191 Å². The lowest BCUT2D eigenvalue weighted by Gasteiger charge is -2.54. The number of carbonyl (C=O) groups excluding carboxylic acids is 1. The molecule has 5 rings (SSSR count). The van der Waals surface area contributed by atoms with E-state index < -0.39 is 0 Å². The average molecular weight is 429 g/mol. The van der Waals surface area contributed by atoms with Gasteiger partial charge in [0.05, 0.1) is 0 Å². The third-order valence-corrected chi connectivity index (χ3v) is 12.0. The third-order valence-electron chi connectivity index (χ3n) is 12.0. The maximum absolute atomic E-state index is 11.6. The first kappa shape index (κ1) is 22.3. The van der Waals surface area contributed by atoms with Gasteiger partial charge in [0.1, 0.15) is 6.10 Å². The van der Waals surface area contributed by atoms with Crippen LogP contribution in [0.4, 0.5) is 0 Å². The molecule has 2 nitrogen and oxygen atoms in total.